The lowest BCUT2D eigenvalue weighted by atomic mass is 9.95. The minimum absolute atomic E-state index is 0.0342. The van der Waals surface area contributed by atoms with E-state index in [2.05, 4.69) is 10.3 Å². The number of hydrogen-bond acceptors (Lipinski definition) is 5. The Balaban J connectivity index is 1.54. The third kappa shape index (κ3) is 4.79. The van der Waals surface area contributed by atoms with Gasteiger partial charge in [-0.05, 0) is 42.7 Å². The summed E-state index contributed by atoms with van der Waals surface area (Å²) in [5.41, 5.74) is 1.54. The molecule has 1 aliphatic rings. The number of pyridine rings is 1. The van der Waals surface area contributed by atoms with Gasteiger partial charge in [0, 0.05) is 49.6 Å². The quantitative estimate of drug-likeness (QED) is 0.828. The van der Waals surface area contributed by atoms with Crippen molar-refractivity contribution in [2.75, 3.05) is 27.3 Å². The zero-order valence-electron chi connectivity index (χ0n) is 16.2. The van der Waals surface area contributed by atoms with Crippen LogP contribution < -0.4 is 14.8 Å². The molecule has 7 heteroatoms. The van der Waals surface area contributed by atoms with E-state index >= 15 is 0 Å². The van der Waals surface area contributed by atoms with Crippen molar-refractivity contribution in [1.82, 2.24) is 15.2 Å². The third-order valence-corrected chi connectivity index (χ3v) is 4.97. The third-order valence-electron chi connectivity index (χ3n) is 4.97. The van der Waals surface area contributed by atoms with Crippen molar-refractivity contribution in [3.8, 4) is 11.5 Å². The van der Waals surface area contributed by atoms with Crippen LogP contribution in [0, 0.1) is 5.92 Å². The number of likely N-dealkylation sites (tertiary alicyclic amines) is 1. The first kappa shape index (κ1) is 19.7. The monoisotopic (exact) mass is 383 g/mol. The average Bonchev–Trinajstić information content (AvgIpc) is 2.77. The maximum absolute atomic E-state index is 12.8. The standard InChI is InChI=1S/C21H25N3O4/c1-27-18-11-17(12-19(13-18)28-2)21(26)24-9-5-16(6-10-24)20(25)23-14-15-3-7-22-8-4-15/h3-4,7-8,11-13,16H,5-6,9-10,14H2,1-2H3,(H,23,25). The van der Waals surface area contributed by atoms with Gasteiger partial charge < -0.3 is 19.7 Å². The van der Waals surface area contributed by atoms with Gasteiger partial charge in [0.2, 0.25) is 5.91 Å². The number of ether oxygens (including phenoxy) is 2. The maximum Gasteiger partial charge on any atom is 0.254 e. The van der Waals surface area contributed by atoms with Crippen LogP contribution in [0.1, 0.15) is 28.8 Å². The molecule has 1 aliphatic heterocycles. The van der Waals surface area contributed by atoms with Crippen LogP contribution in [-0.2, 0) is 11.3 Å². The number of amides is 2. The molecule has 0 radical (unpaired) electrons. The van der Waals surface area contributed by atoms with Crippen LogP contribution in [0.5, 0.6) is 11.5 Å². The first-order chi connectivity index (χ1) is 13.6. The van der Waals surface area contributed by atoms with Crippen molar-refractivity contribution < 1.29 is 19.1 Å². The Hall–Kier alpha value is -3.09. The molecule has 2 heterocycles. The van der Waals surface area contributed by atoms with Gasteiger partial charge in [-0.1, -0.05) is 0 Å². The largest absolute Gasteiger partial charge is 0.497 e. The lowest BCUT2D eigenvalue weighted by molar-refractivity contribution is -0.126. The zero-order chi connectivity index (χ0) is 19.9. The van der Waals surface area contributed by atoms with Crippen LogP contribution in [-0.4, -0.2) is 49.0 Å². The molecule has 1 aromatic carbocycles. The van der Waals surface area contributed by atoms with Gasteiger partial charge >= 0.3 is 0 Å². The summed E-state index contributed by atoms with van der Waals surface area (Å²) in [6.07, 6.45) is 4.71. The van der Waals surface area contributed by atoms with E-state index < -0.39 is 0 Å². The summed E-state index contributed by atoms with van der Waals surface area (Å²) in [7, 11) is 3.11. The Morgan fingerprint density at radius 2 is 1.68 bits per heavy atom. The van der Waals surface area contributed by atoms with Crippen LogP contribution in [0.15, 0.2) is 42.7 Å². The number of rotatable bonds is 6. The molecule has 0 atom stereocenters. The second-order valence-corrected chi connectivity index (χ2v) is 6.74. The highest BCUT2D eigenvalue weighted by atomic mass is 16.5. The Bertz CT molecular complexity index is 795. The van der Waals surface area contributed by atoms with E-state index in [9.17, 15) is 9.59 Å². The Morgan fingerprint density at radius 1 is 1.07 bits per heavy atom. The Labute approximate surface area is 164 Å². The van der Waals surface area contributed by atoms with Crippen molar-refractivity contribution in [1.29, 1.82) is 0 Å². The van der Waals surface area contributed by atoms with Crippen molar-refractivity contribution in [2.24, 2.45) is 5.92 Å². The molecular formula is C21H25N3O4. The number of nitrogens with zero attached hydrogens (tertiary/aromatic N) is 2. The van der Waals surface area contributed by atoms with E-state index in [0.29, 0.717) is 49.5 Å². The van der Waals surface area contributed by atoms with E-state index in [1.807, 2.05) is 12.1 Å². The minimum Gasteiger partial charge on any atom is -0.497 e. The van der Waals surface area contributed by atoms with Gasteiger partial charge in [0.25, 0.3) is 5.91 Å². The molecule has 0 aliphatic carbocycles. The molecule has 3 rings (SSSR count). The summed E-state index contributed by atoms with van der Waals surface area (Å²) >= 11 is 0. The van der Waals surface area contributed by atoms with E-state index in [4.69, 9.17) is 9.47 Å². The predicted octanol–water partition coefficient (Wildman–Crippen LogP) is 2.27. The second kappa shape index (κ2) is 9.21. The fraction of sp³-hybridized carbons (Fsp3) is 0.381. The molecule has 1 saturated heterocycles. The van der Waals surface area contributed by atoms with E-state index in [1.165, 1.54) is 0 Å². The number of piperidine rings is 1. The highest BCUT2D eigenvalue weighted by Gasteiger charge is 2.28. The van der Waals surface area contributed by atoms with Gasteiger partial charge in [-0.25, -0.2) is 0 Å². The Morgan fingerprint density at radius 3 is 2.25 bits per heavy atom. The van der Waals surface area contributed by atoms with Crippen molar-refractivity contribution in [2.45, 2.75) is 19.4 Å². The number of carbonyl (C=O) groups excluding carboxylic acids is 2. The molecule has 1 fully saturated rings. The van der Waals surface area contributed by atoms with Crippen LogP contribution in [0.25, 0.3) is 0 Å². The summed E-state index contributed by atoms with van der Waals surface area (Å²) < 4.78 is 10.5. The van der Waals surface area contributed by atoms with Crippen molar-refractivity contribution in [3.05, 3.63) is 53.9 Å². The topological polar surface area (TPSA) is 80.8 Å². The highest BCUT2D eigenvalue weighted by Crippen LogP contribution is 2.25. The fourth-order valence-electron chi connectivity index (χ4n) is 3.29. The van der Waals surface area contributed by atoms with Gasteiger partial charge in [0.1, 0.15) is 11.5 Å². The number of aromatic nitrogens is 1. The summed E-state index contributed by atoms with van der Waals surface area (Å²) in [6.45, 7) is 1.58. The SMILES string of the molecule is COc1cc(OC)cc(C(=O)N2CCC(C(=O)NCc3ccncc3)CC2)c1. The van der Waals surface area contributed by atoms with Crippen LogP contribution in [0.4, 0.5) is 0 Å². The molecule has 1 N–H and O–H groups in total. The number of carbonyl (C=O) groups is 2. The van der Waals surface area contributed by atoms with Gasteiger partial charge in [0.05, 0.1) is 14.2 Å². The molecule has 0 bridgehead atoms. The lowest BCUT2D eigenvalue weighted by Gasteiger charge is -2.31. The van der Waals surface area contributed by atoms with Crippen molar-refractivity contribution in [3.63, 3.8) is 0 Å². The predicted molar refractivity (Wildman–Crippen MR) is 104 cm³/mol. The smallest absolute Gasteiger partial charge is 0.254 e. The zero-order valence-corrected chi connectivity index (χ0v) is 16.2. The van der Waals surface area contributed by atoms with Crippen molar-refractivity contribution >= 4 is 11.8 Å². The molecule has 28 heavy (non-hydrogen) atoms. The molecule has 1 aromatic heterocycles. The number of nitrogens with one attached hydrogen (secondary N) is 1. The number of benzene rings is 1. The molecule has 2 amide bonds. The molecule has 7 nitrogen and oxygen atoms in total. The van der Waals surface area contributed by atoms with Gasteiger partial charge in [0.15, 0.2) is 0 Å². The van der Waals surface area contributed by atoms with E-state index in [-0.39, 0.29) is 17.7 Å². The number of hydrogen-bond donors (Lipinski definition) is 1. The van der Waals surface area contributed by atoms with Crippen LogP contribution in [0.2, 0.25) is 0 Å². The molecule has 2 aromatic rings. The molecule has 0 spiro atoms. The molecular weight excluding hydrogens is 358 g/mol. The minimum atomic E-state index is -0.0780. The Kier molecular flexibility index (Phi) is 6.47. The molecule has 0 saturated carbocycles. The first-order valence-corrected chi connectivity index (χ1v) is 9.29. The van der Waals surface area contributed by atoms with E-state index in [1.54, 1.807) is 49.7 Å². The highest BCUT2D eigenvalue weighted by molar-refractivity contribution is 5.95. The molecule has 148 valence electrons. The number of methoxy groups -OCH3 is 2. The fourth-order valence-corrected chi connectivity index (χ4v) is 3.29. The van der Waals surface area contributed by atoms with Gasteiger partial charge in [-0.2, -0.15) is 0 Å². The molecule has 0 unspecified atom stereocenters. The summed E-state index contributed by atoms with van der Waals surface area (Å²) in [5, 5.41) is 2.97. The van der Waals surface area contributed by atoms with Gasteiger partial charge in [-0.3, -0.25) is 14.6 Å². The lowest BCUT2D eigenvalue weighted by Crippen LogP contribution is -2.42. The summed E-state index contributed by atoms with van der Waals surface area (Å²) in [4.78, 5) is 31.0. The maximum atomic E-state index is 12.8. The van der Waals surface area contributed by atoms with Gasteiger partial charge in [-0.15, -0.1) is 0 Å². The second-order valence-electron chi connectivity index (χ2n) is 6.74. The van der Waals surface area contributed by atoms with E-state index in [0.717, 1.165) is 5.56 Å². The summed E-state index contributed by atoms with van der Waals surface area (Å²) in [6, 6.07) is 8.90. The average molecular weight is 383 g/mol. The first-order valence-electron chi connectivity index (χ1n) is 9.29. The normalized spacial score (nSPS) is 14.4. The summed E-state index contributed by atoms with van der Waals surface area (Å²) in [5.74, 6) is 1.03. The van der Waals surface area contributed by atoms with Crippen LogP contribution in [0.3, 0.4) is 0 Å². The van der Waals surface area contributed by atoms with Crippen LogP contribution >= 0.6 is 0 Å².